The molecule has 1 aromatic carbocycles. The number of nitrogen functional groups attached to an aromatic ring is 1. The summed E-state index contributed by atoms with van der Waals surface area (Å²) < 4.78 is 11.0. The van der Waals surface area contributed by atoms with Crippen LogP contribution in [0.15, 0.2) is 33.2 Å². The van der Waals surface area contributed by atoms with Gasteiger partial charge in [0.1, 0.15) is 17.3 Å². The molecular weight excluding hydrogens is 244 g/mol. The standard InChI is InChI=1S/C13H14N4O2/c1-7-6-15-12(18-7)8(2)16-13-17-11-9(14)4-3-5-10(11)19-13/h3-6,8H,14H2,1-2H3,(H,16,17). The van der Waals surface area contributed by atoms with Gasteiger partial charge in [-0.15, -0.1) is 0 Å². The fourth-order valence-electron chi connectivity index (χ4n) is 1.85. The number of oxazole rings is 2. The quantitative estimate of drug-likeness (QED) is 0.702. The molecular formula is C13H14N4O2. The van der Waals surface area contributed by atoms with Gasteiger partial charge in [0.25, 0.3) is 6.01 Å². The summed E-state index contributed by atoms with van der Waals surface area (Å²) in [5.74, 6) is 1.36. The molecule has 2 aromatic heterocycles. The molecule has 0 aliphatic rings. The van der Waals surface area contributed by atoms with Gasteiger partial charge in [-0.1, -0.05) is 6.07 Å². The number of benzene rings is 1. The first-order valence-corrected chi connectivity index (χ1v) is 5.97. The highest BCUT2D eigenvalue weighted by Gasteiger charge is 2.15. The summed E-state index contributed by atoms with van der Waals surface area (Å²) in [4.78, 5) is 8.47. The summed E-state index contributed by atoms with van der Waals surface area (Å²) in [7, 11) is 0. The SMILES string of the molecule is Cc1cnc(C(C)Nc2nc3c(N)cccc3o2)o1. The fourth-order valence-corrected chi connectivity index (χ4v) is 1.85. The van der Waals surface area contributed by atoms with E-state index in [1.807, 2.05) is 26.0 Å². The summed E-state index contributed by atoms with van der Waals surface area (Å²) in [5, 5.41) is 3.10. The third kappa shape index (κ3) is 2.12. The Hall–Kier alpha value is -2.50. The lowest BCUT2D eigenvalue weighted by Crippen LogP contribution is -2.06. The predicted molar refractivity (Wildman–Crippen MR) is 71.7 cm³/mol. The summed E-state index contributed by atoms with van der Waals surface area (Å²) in [6.45, 7) is 3.77. The van der Waals surface area contributed by atoms with E-state index in [4.69, 9.17) is 14.6 Å². The molecule has 19 heavy (non-hydrogen) atoms. The van der Waals surface area contributed by atoms with Gasteiger partial charge in [0.05, 0.1) is 11.9 Å². The smallest absolute Gasteiger partial charge is 0.296 e. The molecule has 0 fully saturated rings. The Morgan fingerprint density at radius 2 is 2.16 bits per heavy atom. The second-order valence-corrected chi connectivity index (χ2v) is 4.39. The normalized spacial score (nSPS) is 12.7. The van der Waals surface area contributed by atoms with E-state index in [2.05, 4.69) is 15.3 Å². The number of rotatable bonds is 3. The molecule has 6 nitrogen and oxygen atoms in total. The molecule has 6 heteroatoms. The van der Waals surface area contributed by atoms with Crippen molar-refractivity contribution < 1.29 is 8.83 Å². The minimum atomic E-state index is -0.136. The number of aryl methyl sites for hydroxylation is 1. The lowest BCUT2D eigenvalue weighted by Gasteiger charge is -2.06. The van der Waals surface area contributed by atoms with Crippen LogP contribution < -0.4 is 11.1 Å². The number of hydrogen-bond acceptors (Lipinski definition) is 6. The molecule has 0 aliphatic heterocycles. The van der Waals surface area contributed by atoms with Gasteiger partial charge in [-0.05, 0) is 26.0 Å². The van der Waals surface area contributed by atoms with Crippen molar-refractivity contribution in [2.75, 3.05) is 11.1 Å². The summed E-state index contributed by atoms with van der Waals surface area (Å²) in [6, 6.07) is 5.70. The Kier molecular flexibility index (Phi) is 2.63. The number of aromatic nitrogens is 2. The molecule has 0 spiro atoms. The number of nitrogens with one attached hydrogen (secondary N) is 1. The molecule has 1 atom stereocenters. The first-order chi connectivity index (χ1) is 9.13. The van der Waals surface area contributed by atoms with E-state index in [9.17, 15) is 0 Å². The molecule has 0 saturated heterocycles. The predicted octanol–water partition coefficient (Wildman–Crippen LogP) is 2.88. The lowest BCUT2D eigenvalue weighted by atomic mass is 10.3. The van der Waals surface area contributed by atoms with Crippen LogP contribution >= 0.6 is 0 Å². The van der Waals surface area contributed by atoms with Crippen molar-refractivity contribution in [2.24, 2.45) is 0 Å². The third-order valence-corrected chi connectivity index (χ3v) is 2.80. The second-order valence-electron chi connectivity index (χ2n) is 4.39. The maximum atomic E-state index is 5.83. The van der Waals surface area contributed by atoms with Gasteiger partial charge >= 0.3 is 0 Å². The summed E-state index contributed by atoms with van der Waals surface area (Å²) >= 11 is 0. The van der Waals surface area contributed by atoms with Crippen LogP contribution in [0.5, 0.6) is 0 Å². The molecule has 98 valence electrons. The first-order valence-electron chi connectivity index (χ1n) is 5.97. The van der Waals surface area contributed by atoms with Gasteiger partial charge in [-0.2, -0.15) is 4.98 Å². The van der Waals surface area contributed by atoms with Gasteiger partial charge in [-0.25, -0.2) is 4.98 Å². The topological polar surface area (TPSA) is 90.1 Å². The minimum absolute atomic E-state index is 0.136. The minimum Gasteiger partial charge on any atom is -0.444 e. The molecule has 3 rings (SSSR count). The Balaban J connectivity index is 1.87. The van der Waals surface area contributed by atoms with Gasteiger partial charge in [-0.3, -0.25) is 0 Å². The molecule has 0 saturated carbocycles. The molecule has 0 bridgehead atoms. The molecule has 2 heterocycles. The van der Waals surface area contributed by atoms with E-state index in [-0.39, 0.29) is 6.04 Å². The first kappa shape index (κ1) is 11.6. The van der Waals surface area contributed by atoms with E-state index in [0.717, 1.165) is 5.76 Å². The van der Waals surface area contributed by atoms with Gasteiger partial charge < -0.3 is 19.9 Å². The fraction of sp³-hybridized carbons (Fsp3) is 0.231. The Bertz CT molecular complexity index is 716. The molecule has 3 aromatic rings. The van der Waals surface area contributed by atoms with Crippen molar-refractivity contribution in [3.63, 3.8) is 0 Å². The molecule has 0 aliphatic carbocycles. The van der Waals surface area contributed by atoms with Crippen LogP contribution in [0, 0.1) is 6.92 Å². The Morgan fingerprint density at radius 3 is 2.84 bits per heavy atom. The maximum absolute atomic E-state index is 5.83. The average molecular weight is 258 g/mol. The van der Waals surface area contributed by atoms with Crippen LogP contribution in [0.25, 0.3) is 11.1 Å². The highest BCUT2D eigenvalue weighted by atomic mass is 16.4. The maximum Gasteiger partial charge on any atom is 0.296 e. The van der Waals surface area contributed by atoms with Crippen molar-refractivity contribution in [1.82, 2.24) is 9.97 Å². The molecule has 0 amide bonds. The number of fused-ring (bicyclic) bond motifs is 1. The van der Waals surface area contributed by atoms with Crippen molar-refractivity contribution in [2.45, 2.75) is 19.9 Å². The highest BCUT2D eigenvalue weighted by Crippen LogP contribution is 2.26. The lowest BCUT2D eigenvalue weighted by molar-refractivity contribution is 0.448. The number of nitrogens with zero attached hydrogens (tertiary/aromatic N) is 2. The zero-order chi connectivity index (χ0) is 13.4. The number of para-hydroxylation sites is 1. The van der Waals surface area contributed by atoms with Crippen molar-refractivity contribution in [1.29, 1.82) is 0 Å². The van der Waals surface area contributed by atoms with Gasteiger partial charge in [0, 0.05) is 0 Å². The molecule has 0 radical (unpaired) electrons. The molecule has 3 N–H and O–H groups in total. The van der Waals surface area contributed by atoms with Crippen LogP contribution in [0.4, 0.5) is 11.7 Å². The summed E-state index contributed by atoms with van der Waals surface area (Å²) in [6.07, 6.45) is 1.68. The second kappa shape index (κ2) is 4.31. The largest absolute Gasteiger partial charge is 0.444 e. The van der Waals surface area contributed by atoms with Crippen molar-refractivity contribution in [3.8, 4) is 0 Å². The average Bonchev–Trinajstić information content (AvgIpc) is 2.96. The zero-order valence-electron chi connectivity index (χ0n) is 10.7. The van der Waals surface area contributed by atoms with Crippen LogP contribution in [-0.2, 0) is 0 Å². The van der Waals surface area contributed by atoms with E-state index in [1.165, 1.54) is 0 Å². The van der Waals surface area contributed by atoms with Gasteiger partial charge in [0.15, 0.2) is 5.58 Å². The third-order valence-electron chi connectivity index (χ3n) is 2.80. The Morgan fingerprint density at radius 1 is 1.32 bits per heavy atom. The Labute approximate surface area is 109 Å². The van der Waals surface area contributed by atoms with Crippen molar-refractivity contribution >= 4 is 22.8 Å². The molecule has 1 unspecified atom stereocenters. The van der Waals surface area contributed by atoms with E-state index < -0.39 is 0 Å². The van der Waals surface area contributed by atoms with Gasteiger partial charge in [0.2, 0.25) is 5.89 Å². The van der Waals surface area contributed by atoms with E-state index in [1.54, 1.807) is 12.3 Å². The van der Waals surface area contributed by atoms with Crippen LogP contribution in [0.3, 0.4) is 0 Å². The van der Waals surface area contributed by atoms with Crippen LogP contribution in [0.1, 0.15) is 24.6 Å². The number of nitrogens with two attached hydrogens (primary N) is 1. The summed E-state index contributed by atoms with van der Waals surface area (Å²) in [5.41, 5.74) is 7.73. The van der Waals surface area contributed by atoms with Crippen LogP contribution in [-0.4, -0.2) is 9.97 Å². The van der Waals surface area contributed by atoms with E-state index in [0.29, 0.717) is 28.7 Å². The number of anilines is 2. The monoisotopic (exact) mass is 258 g/mol. The van der Waals surface area contributed by atoms with Crippen LogP contribution in [0.2, 0.25) is 0 Å². The zero-order valence-corrected chi connectivity index (χ0v) is 10.7. The highest BCUT2D eigenvalue weighted by molar-refractivity contribution is 5.86. The van der Waals surface area contributed by atoms with E-state index >= 15 is 0 Å². The van der Waals surface area contributed by atoms with Crippen molar-refractivity contribution in [3.05, 3.63) is 36.0 Å². The number of hydrogen-bond donors (Lipinski definition) is 2.